The van der Waals surface area contributed by atoms with E-state index in [1.807, 2.05) is 6.92 Å². The number of hydrogen-bond donors (Lipinski definition) is 0. The first kappa shape index (κ1) is 20.1. The average Bonchev–Trinajstić information content (AvgIpc) is 2.81. The lowest BCUT2D eigenvalue weighted by Crippen LogP contribution is -2.20. The lowest BCUT2D eigenvalue weighted by atomic mass is 9.76. The Morgan fingerprint density at radius 3 is 1.83 bits per heavy atom. The van der Waals surface area contributed by atoms with Crippen LogP contribution in [0.15, 0.2) is 13.6 Å². The molecule has 0 aliphatic heterocycles. The summed E-state index contributed by atoms with van der Waals surface area (Å²) in [5.74, 6) is 0.844. The van der Waals surface area contributed by atoms with Crippen LogP contribution >= 0.6 is 0 Å². The molecule has 0 aliphatic rings. The number of unbranched alkanes of at least 4 members (excludes halogenated alkanes) is 7. The summed E-state index contributed by atoms with van der Waals surface area (Å²) in [6, 6.07) is 0. The summed E-state index contributed by atoms with van der Waals surface area (Å²) in [6.45, 7) is 8.68. The van der Waals surface area contributed by atoms with E-state index in [0.717, 1.165) is 12.2 Å². The smallest absolute Gasteiger partial charge is 0.396 e. The molecule has 0 N–H and O–H groups in total. The molecule has 0 fully saturated rings. The molecule has 0 radical (unpaired) electrons. The van der Waals surface area contributed by atoms with Crippen LogP contribution in [0, 0.1) is 12.3 Å². The summed E-state index contributed by atoms with van der Waals surface area (Å²) in [5, 5.41) is 0. The van der Waals surface area contributed by atoms with Crippen LogP contribution < -0.4 is 5.82 Å². The zero-order valence-corrected chi connectivity index (χ0v) is 15.7. The van der Waals surface area contributed by atoms with Crippen molar-refractivity contribution in [3.05, 3.63) is 22.1 Å². The molecule has 0 amide bonds. The molecule has 23 heavy (non-hydrogen) atoms. The van der Waals surface area contributed by atoms with Crippen molar-refractivity contribution in [3.8, 4) is 0 Å². The maximum atomic E-state index is 11.3. The molecule has 0 saturated heterocycles. The summed E-state index contributed by atoms with van der Waals surface area (Å²) < 4.78 is 10.3. The van der Waals surface area contributed by atoms with E-state index in [-0.39, 0.29) is 5.41 Å². The minimum Gasteiger partial charge on any atom is -0.396 e. The summed E-state index contributed by atoms with van der Waals surface area (Å²) in [4.78, 5) is 11.3. The topological polar surface area (TPSA) is 43.4 Å². The maximum Gasteiger partial charge on any atom is 0.519 e. The monoisotopic (exact) mass is 324 g/mol. The van der Waals surface area contributed by atoms with E-state index in [2.05, 4.69) is 20.8 Å². The minimum atomic E-state index is -0.561. The zero-order chi connectivity index (χ0) is 17.1. The summed E-state index contributed by atoms with van der Waals surface area (Å²) >= 11 is 0. The quantitative estimate of drug-likeness (QED) is 0.393. The highest BCUT2D eigenvalue weighted by Gasteiger charge is 2.27. The van der Waals surface area contributed by atoms with E-state index >= 15 is 0 Å². The van der Waals surface area contributed by atoms with Gasteiger partial charge in [-0.15, -0.1) is 0 Å². The van der Waals surface area contributed by atoms with Crippen molar-refractivity contribution >= 4 is 0 Å². The molecule has 1 rings (SSSR count). The van der Waals surface area contributed by atoms with Gasteiger partial charge < -0.3 is 8.83 Å². The summed E-state index contributed by atoms with van der Waals surface area (Å²) in [6.07, 6.45) is 14.9. The van der Waals surface area contributed by atoms with Crippen molar-refractivity contribution in [1.82, 2.24) is 0 Å². The minimum absolute atomic E-state index is 0.213. The Labute approximate surface area is 141 Å². The Morgan fingerprint density at radius 2 is 1.35 bits per heavy atom. The third kappa shape index (κ3) is 7.90. The van der Waals surface area contributed by atoms with Gasteiger partial charge in [0.05, 0.1) is 0 Å². The number of aryl methyl sites for hydroxylation is 1. The van der Waals surface area contributed by atoms with Gasteiger partial charge in [-0.3, -0.25) is 0 Å². The molecule has 1 unspecified atom stereocenters. The predicted molar refractivity (Wildman–Crippen MR) is 95.9 cm³/mol. The van der Waals surface area contributed by atoms with Crippen LogP contribution in [0.5, 0.6) is 0 Å². The fourth-order valence-corrected chi connectivity index (χ4v) is 3.36. The molecule has 1 atom stereocenters. The third-order valence-electron chi connectivity index (χ3n) is 4.94. The van der Waals surface area contributed by atoms with Crippen LogP contribution in [-0.4, -0.2) is 0 Å². The summed E-state index contributed by atoms with van der Waals surface area (Å²) in [5.41, 5.74) is 0.213. The van der Waals surface area contributed by atoms with Crippen LogP contribution in [0.3, 0.4) is 0 Å². The van der Waals surface area contributed by atoms with Crippen molar-refractivity contribution in [2.75, 3.05) is 0 Å². The molecular weight excluding hydrogens is 288 g/mol. The zero-order valence-electron chi connectivity index (χ0n) is 15.7. The van der Waals surface area contributed by atoms with Gasteiger partial charge in [0.25, 0.3) is 0 Å². The SMILES string of the molecule is CCCCCCCC(C)(CCCCCC)Cc1oc(=O)oc1C. The molecule has 0 bridgehead atoms. The van der Waals surface area contributed by atoms with Crippen LogP contribution in [0.4, 0.5) is 0 Å². The molecule has 1 heterocycles. The molecule has 134 valence electrons. The first-order chi connectivity index (χ1) is 11.0. The van der Waals surface area contributed by atoms with Gasteiger partial charge in [-0.25, -0.2) is 4.79 Å². The van der Waals surface area contributed by atoms with Crippen molar-refractivity contribution in [3.63, 3.8) is 0 Å². The Balaban J connectivity index is 2.58. The molecule has 0 aromatic carbocycles. The largest absolute Gasteiger partial charge is 0.519 e. The molecule has 3 heteroatoms. The average molecular weight is 325 g/mol. The predicted octanol–water partition coefficient (Wildman–Crippen LogP) is 6.42. The van der Waals surface area contributed by atoms with Crippen LogP contribution in [0.1, 0.15) is 103 Å². The van der Waals surface area contributed by atoms with Crippen LogP contribution in [-0.2, 0) is 6.42 Å². The van der Waals surface area contributed by atoms with E-state index < -0.39 is 5.82 Å². The van der Waals surface area contributed by atoms with Gasteiger partial charge in [0.2, 0.25) is 0 Å². The standard InChI is InChI=1S/C20H36O3/c1-5-7-9-11-13-15-20(4,14-12-10-8-6-2)16-18-17(3)22-19(21)23-18/h5-16H2,1-4H3. The Morgan fingerprint density at radius 1 is 0.826 bits per heavy atom. The highest BCUT2D eigenvalue weighted by atomic mass is 16.6. The van der Waals surface area contributed by atoms with Crippen molar-refractivity contribution in [2.24, 2.45) is 5.41 Å². The second-order valence-electron chi connectivity index (χ2n) is 7.40. The van der Waals surface area contributed by atoms with Crippen molar-refractivity contribution < 1.29 is 8.83 Å². The van der Waals surface area contributed by atoms with E-state index in [9.17, 15) is 4.79 Å². The van der Waals surface area contributed by atoms with Gasteiger partial charge in [0.15, 0.2) is 0 Å². The van der Waals surface area contributed by atoms with E-state index in [1.165, 1.54) is 70.6 Å². The van der Waals surface area contributed by atoms with Crippen LogP contribution in [0.25, 0.3) is 0 Å². The van der Waals surface area contributed by atoms with Crippen molar-refractivity contribution in [2.45, 2.75) is 105 Å². The fraction of sp³-hybridized carbons (Fsp3) is 0.850. The molecule has 0 aliphatic carbocycles. The van der Waals surface area contributed by atoms with E-state index in [0.29, 0.717) is 5.76 Å². The third-order valence-corrected chi connectivity index (χ3v) is 4.94. The Bertz CT molecular complexity index is 471. The molecule has 0 saturated carbocycles. The number of hydrogen-bond acceptors (Lipinski definition) is 3. The summed E-state index contributed by atoms with van der Waals surface area (Å²) in [7, 11) is 0. The second kappa shape index (κ2) is 10.7. The molecule has 3 nitrogen and oxygen atoms in total. The number of rotatable bonds is 13. The Hall–Kier alpha value is -0.990. The molecular formula is C20H36O3. The van der Waals surface area contributed by atoms with Crippen LogP contribution in [0.2, 0.25) is 0 Å². The highest BCUT2D eigenvalue weighted by molar-refractivity contribution is 5.04. The van der Waals surface area contributed by atoms with Crippen molar-refractivity contribution in [1.29, 1.82) is 0 Å². The first-order valence-electron chi connectivity index (χ1n) is 9.60. The molecule has 1 aromatic heterocycles. The first-order valence-corrected chi connectivity index (χ1v) is 9.60. The van der Waals surface area contributed by atoms with E-state index in [4.69, 9.17) is 8.83 Å². The lowest BCUT2D eigenvalue weighted by Gasteiger charge is -2.29. The van der Waals surface area contributed by atoms with Gasteiger partial charge in [-0.05, 0) is 25.2 Å². The second-order valence-corrected chi connectivity index (χ2v) is 7.40. The van der Waals surface area contributed by atoms with E-state index in [1.54, 1.807) is 0 Å². The Kier molecular flexibility index (Phi) is 9.35. The lowest BCUT2D eigenvalue weighted by molar-refractivity contribution is 0.230. The van der Waals surface area contributed by atoms with Gasteiger partial charge >= 0.3 is 5.82 Å². The van der Waals surface area contributed by atoms with Gasteiger partial charge in [0, 0.05) is 6.42 Å². The van der Waals surface area contributed by atoms with Gasteiger partial charge in [-0.2, -0.15) is 0 Å². The fourth-order valence-electron chi connectivity index (χ4n) is 3.36. The normalized spacial score (nSPS) is 14.1. The van der Waals surface area contributed by atoms with Gasteiger partial charge in [-0.1, -0.05) is 78.6 Å². The van der Waals surface area contributed by atoms with Gasteiger partial charge in [0.1, 0.15) is 11.5 Å². The molecule has 0 spiro atoms. The maximum absolute atomic E-state index is 11.3. The molecule has 1 aromatic rings. The highest BCUT2D eigenvalue weighted by Crippen LogP contribution is 2.35.